The number of aryl methyl sites for hydroxylation is 1. The van der Waals surface area contributed by atoms with Crippen LogP contribution >= 0.6 is 0 Å². The van der Waals surface area contributed by atoms with Gasteiger partial charge in [-0.05, 0) is 66.6 Å². The highest BCUT2D eigenvalue weighted by Gasteiger charge is 2.24. The topological polar surface area (TPSA) is 52.6 Å². The Labute approximate surface area is 190 Å². The van der Waals surface area contributed by atoms with Crippen molar-refractivity contribution in [3.63, 3.8) is 0 Å². The zero-order valence-electron chi connectivity index (χ0n) is 19.2. The Balaban J connectivity index is 2.09. The summed E-state index contributed by atoms with van der Waals surface area (Å²) in [6, 6.07) is 19.8. The second-order valence-corrected chi connectivity index (χ2v) is 8.34. The molecule has 0 heterocycles. The van der Waals surface area contributed by atoms with Crippen molar-refractivity contribution in [2.75, 3.05) is 0 Å². The molecule has 0 spiro atoms. The molecule has 0 radical (unpaired) electrons. The van der Waals surface area contributed by atoms with E-state index in [0.717, 1.165) is 29.5 Å². The number of benzene rings is 3. The lowest BCUT2D eigenvalue weighted by atomic mass is 9.93. The minimum absolute atomic E-state index is 0.324. The molecule has 0 aliphatic rings. The number of carbonyl (C=O) groups is 2. The molecular weight excluding hydrogens is 400 g/mol. The highest BCUT2D eigenvalue weighted by molar-refractivity contribution is 5.93. The number of hydrogen-bond donors (Lipinski definition) is 0. The summed E-state index contributed by atoms with van der Waals surface area (Å²) in [5.74, 6) is 0.129. The summed E-state index contributed by atoms with van der Waals surface area (Å²) in [6.07, 6.45) is 2.41. The molecule has 166 valence electrons. The average Bonchev–Trinajstić information content (AvgIpc) is 2.80. The molecule has 3 aromatic rings. The van der Waals surface area contributed by atoms with Crippen LogP contribution in [0, 0.1) is 12.8 Å². The average molecular weight is 431 g/mol. The van der Waals surface area contributed by atoms with E-state index >= 15 is 0 Å². The van der Waals surface area contributed by atoms with Crippen molar-refractivity contribution in [3.05, 3.63) is 94.5 Å². The number of hydrogen-bond acceptors (Lipinski definition) is 4. The summed E-state index contributed by atoms with van der Waals surface area (Å²) >= 11 is 0. The first kappa shape index (κ1) is 23.3. The summed E-state index contributed by atoms with van der Waals surface area (Å²) in [4.78, 5) is 25.8. The van der Waals surface area contributed by atoms with Crippen molar-refractivity contribution in [2.24, 2.45) is 5.92 Å². The van der Waals surface area contributed by atoms with Crippen LogP contribution in [0.25, 0.3) is 0 Å². The van der Waals surface area contributed by atoms with E-state index in [1.54, 1.807) is 48.5 Å². The Morgan fingerprint density at radius 3 is 1.75 bits per heavy atom. The molecule has 0 fully saturated rings. The summed E-state index contributed by atoms with van der Waals surface area (Å²) in [7, 11) is 0. The Morgan fingerprint density at radius 2 is 1.28 bits per heavy atom. The van der Waals surface area contributed by atoms with Crippen molar-refractivity contribution in [3.8, 4) is 11.5 Å². The third kappa shape index (κ3) is 5.64. The number of esters is 2. The molecule has 4 heteroatoms. The molecule has 4 nitrogen and oxygen atoms in total. The van der Waals surface area contributed by atoms with Crippen molar-refractivity contribution in [2.45, 2.75) is 47.0 Å². The van der Waals surface area contributed by atoms with Crippen LogP contribution in [0.15, 0.2) is 66.7 Å². The van der Waals surface area contributed by atoms with Gasteiger partial charge in [0, 0.05) is 0 Å². The number of carbonyl (C=O) groups excluding carboxylic acids is 2. The van der Waals surface area contributed by atoms with Gasteiger partial charge in [-0.1, -0.05) is 69.7 Å². The van der Waals surface area contributed by atoms with Crippen LogP contribution in [-0.2, 0) is 12.8 Å². The molecule has 0 aromatic heterocycles. The van der Waals surface area contributed by atoms with Crippen LogP contribution < -0.4 is 9.47 Å². The Morgan fingerprint density at radius 1 is 0.781 bits per heavy atom. The van der Waals surface area contributed by atoms with E-state index in [9.17, 15) is 9.59 Å². The van der Waals surface area contributed by atoms with Gasteiger partial charge in [-0.25, -0.2) is 9.59 Å². The molecule has 32 heavy (non-hydrogen) atoms. The maximum atomic E-state index is 12.9. The molecule has 3 aromatic carbocycles. The minimum atomic E-state index is -0.477. The van der Waals surface area contributed by atoms with Gasteiger partial charge < -0.3 is 9.47 Å². The van der Waals surface area contributed by atoms with Crippen molar-refractivity contribution < 1.29 is 19.1 Å². The summed E-state index contributed by atoms with van der Waals surface area (Å²) in [5, 5.41) is 0. The molecule has 0 aliphatic carbocycles. The molecule has 0 amide bonds. The smallest absolute Gasteiger partial charge is 0.343 e. The quantitative estimate of drug-likeness (QED) is 0.299. The zero-order chi connectivity index (χ0) is 23.1. The third-order valence-electron chi connectivity index (χ3n) is 5.22. The lowest BCUT2D eigenvalue weighted by molar-refractivity contribution is 0.0679. The van der Waals surface area contributed by atoms with Gasteiger partial charge in [-0.2, -0.15) is 0 Å². The first-order chi connectivity index (χ1) is 15.4. The minimum Gasteiger partial charge on any atom is -0.419 e. The van der Waals surface area contributed by atoms with Crippen molar-refractivity contribution in [1.29, 1.82) is 0 Å². The van der Waals surface area contributed by atoms with E-state index in [-0.39, 0.29) is 0 Å². The highest BCUT2D eigenvalue weighted by atomic mass is 16.6. The summed E-state index contributed by atoms with van der Waals surface area (Å²) in [6.45, 7) is 8.29. The van der Waals surface area contributed by atoms with Crippen LogP contribution in [0.2, 0.25) is 0 Å². The van der Waals surface area contributed by atoms with Gasteiger partial charge >= 0.3 is 11.9 Å². The predicted molar refractivity (Wildman–Crippen MR) is 127 cm³/mol. The lowest BCUT2D eigenvalue weighted by Gasteiger charge is -2.20. The Hall–Kier alpha value is -3.40. The molecule has 0 atom stereocenters. The second-order valence-electron chi connectivity index (χ2n) is 8.34. The maximum absolute atomic E-state index is 12.9. The van der Waals surface area contributed by atoms with E-state index in [1.807, 2.05) is 19.1 Å². The van der Waals surface area contributed by atoms with Gasteiger partial charge in [0.25, 0.3) is 0 Å². The molecule has 0 unspecified atom stereocenters. The zero-order valence-corrected chi connectivity index (χ0v) is 19.2. The predicted octanol–water partition coefficient (Wildman–Crippen LogP) is 6.58. The van der Waals surface area contributed by atoms with Gasteiger partial charge in [0.2, 0.25) is 0 Å². The van der Waals surface area contributed by atoms with Crippen LogP contribution in [0.4, 0.5) is 0 Å². The first-order valence-corrected chi connectivity index (χ1v) is 11.1. The van der Waals surface area contributed by atoms with Crippen LogP contribution in [0.1, 0.15) is 64.6 Å². The van der Waals surface area contributed by atoms with Gasteiger partial charge in [0.1, 0.15) is 0 Å². The molecule has 0 saturated carbocycles. The van der Waals surface area contributed by atoms with Crippen molar-refractivity contribution in [1.82, 2.24) is 0 Å². The Kier molecular flexibility index (Phi) is 7.82. The monoisotopic (exact) mass is 430 g/mol. The van der Waals surface area contributed by atoms with E-state index in [4.69, 9.17) is 9.47 Å². The molecule has 0 aliphatic heterocycles. The summed E-state index contributed by atoms with van der Waals surface area (Å²) < 4.78 is 11.8. The van der Waals surface area contributed by atoms with E-state index in [1.165, 1.54) is 0 Å². The maximum Gasteiger partial charge on any atom is 0.343 e. The van der Waals surface area contributed by atoms with Crippen LogP contribution in [-0.4, -0.2) is 11.9 Å². The molecular formula is C28H30O4. The molecule has 0 bridgehead atoms. The molecule has 3 rings (SSSR count). The molecule has 0 saturated heterocycles. The SMILES string of the molecule is CCCc1cc(CC(C)C)c(C)c(OC(=O)c2ccccc2)c1OC(=O)c1ccccc1. The second kappa shape index (κ2) is 10.8. The van der Waals surface area contributed by atoms with Gasteiger partial charge in [-0.15, -0.1) is 0 Å². The van der Waals surface area contributed by atoms with Crippen LogP contribution in [0.3, 0.4) is 0 Å². The van der Waals surface area contributed by atoms with E-state index in [2.05, 4.69) is 26.8 Å². The van der Waals surface area contributed by atoms with E-state index < -0.39 is 11.9 Å². The summed E-state index contributed by atoms with van der Waals surface area (Å²) in [5.41, 5.74) is 3.67. The fourth-order valence-corrected chi connectivity index (χ4v) is 3.64. The fraction of sp³-hybridized carbons (Fsp3) is 0.286. The highest BCUT2D eigenvalue weighted by Crippen LogP contribution is 2.39. The van der Waals surface area contributed by atoms with Gasteiger partial charge in [-0.3, -0.25) is 0 Å². The largest absolute Gasteiger partial charge is 0.419 e. The first-order valence-electron chi connectivity index (χ1n) is 11.1. The van der Waals surface area contributed by atoms with Crippen LogP contribution in [0.5, 0.6) is 11.5 Å². The fourth-order valence-electron chi connectivity index (χ4n) is 3.64. The normalized spacial score (nSPS) is 10.8. The van der Waals surface area contributed by atoms with E-state index in [0.29, 0.717) is 35.0 Å². The standard InChI is InChI=1S/C28H30O4/c1-5-12-23-18-24(17-19(2)3)20(4)25(31-27(29)21-13-8-6-9-14-21)26(23)32-28(30)22-15-10-7-11-16-22/h6-11,13-16,18-19H,5,12,17H2,1-4H3. The lowest BCUT2D eigenvalue weighted by Crippen LogP contribution is -2.16. The Bertz CT molecular complexity index is 1070. The number of ether oxygens (including phenoxy) is 2. The van der Waals surface area contributed by atoms with Gasteiger partial charge in [0.15, 0.2) is 11.5 Å². The molecule has 0 N–H and O–H groups in total. The number of rotatable bonds is 8. The van der Waals surface area contributed by atoms with Crippen molar-refractivity contribution >= 4 is 11.9 Å². The third-order valence-corrected chi connectivity index (χ3v) is 5.22. The van der Waals surface area contributed by atoms with Gasteiger partial charge in [0.05, 0.1) is 11.1 Å².